The van der Waals surface area contributed by atoms with Crippen molar-refractivity contribution in [1.29, 1.82) is 0 Å². The highest BCUT2D eigenvalue weighted by molar-refractivity contribution is 5.92. The minimum absolute atomic E-state index is 0.383. The molecule has 0 radical (unpaired) electrons. The number of ether oxygens (including phenoxy) is 1. The maximum Gasteiger partial charge on any atom is 0.345 e. The molecule has 0 unspecified atom stereocenters. The normalized spacial score (nSPS) is 10.6. The molecule has 0 fully saturated rings. The molecular formula is C23H18N2O2. The first kappa shape index (κ1) is 16.8. The lowest BCUT2D eigenvalue weighted by molar-refractivity contribution is 0.0722. The van der Waals surface area contributed by atoms with Crippen LogP contribution >= 0.6 is 0 Å². The van der Waals surface area contributed by atoms with Crippen molar-refractivity contribution in [2.75, 3.05) is 0 Å². The van der Waals surface area contributed by atoms with Gasteiger partial charge in [-0.25, -0.2) is 9.48 Å². The van der Waals surface area contributed by atoms with Gasteiger partial charge in [-0.2, -0.15) is 5.10 Å². The summed E-state index contributed by atoms with van der Waals surface area (Å²) in [7, 11) is 0. The molecule has 0 amide bonds. The average molecular weight is 354 g/mol. The summed E-state index contributed by atoms with van der Waals surface area (Å²) in [6, 6.07) is 28.6. The van der Waals surface area contributed by atoms with Gasteiger partial charge in [0, 0.05) is 11.6 Å². The molecule has 0 aliphatic carbocycles. The van der Waals surface area contributed by atoms with E-state index in [0.29, 0.717) is 11.4 Å². The standard InChI is InChI=1S/C23H18N2O2/c1-17-10-8-9-15-20(17)23(26)27-22-16-21(18-11-4-2-5-12-18)24-25(22)19-13-6-3-7-14-19/h2-16H,1H3. The Morgan fingerprint density at radius 2 is 1.48 bits per heavy atom. The fraction of sp³-hybridized carbons (Fsp3) is 0.0435. The van der Waals surface area contributed by atoms with Crippen LogP contribution < -0.4 is 4.74 Å². The summed E-state index contributed by atoms with van der Waals surface area (Å²) in [4.78, 5) is 12.7. The first-order valence-corrected chi connectivity index (χ1v) is 8.71. The van der Waals surface area contributed by atoms with Crippen LogP contribution in [0.15, 0.2) is 91.0 Å². The second-order valence-corrected chi connectivity index (χ2v) is 6.19. The molecule has 1 aromatic heterocycles. The van der Waals surface area contributed by atoms with E-state index in [1.54, 1.807) is 16.8 Å². The maximum atomic E-state index is 12.7. The molecule has 4 aromatic rings. The molecule has 0 atom stereocenters. The summed E-state index contributed by atoms with van der Waals surface area (Å²) >= 11 is 0. The van der Waals surface area contributed by atoms with Gasteiger partial charge in [0.25, 0.3) is 0 Å². The average Bonchev–Trinajstić information content (AvgIpc) is 3.13. The van der Waals surface area contributed by atoms with Gasteiger partial charge in [0.15, 0.2) is 0 Å². The van der Waals surface area contributed by atoms with Crippen LogP contribution in [-0.4, -0.2) is 15.7 Å². The minimum Gasteiger partial charge on any atom is -0.404 e. The molecule has 4 heteroatoms. The number of aromatic nitrogens is 2. The third-order valence-corrected chi connectivity index (χ3v) is 4.31. The van der Waals surface area contributed by atoms with Crippen molar-refractivity contribution >= 4 is 5.97 Å². The highest BCUT2D eigenvalue weighted by Crippen LogP contribution is 2.27. The van der Waals surface area contributed by atoms with Crippen LogP contribution in [0, 0.1) is 6.92 Å². The van der Waals surface area contributed by atoms with E-state index < -0.39 is 5.97 Å². The van der Waals surface area contributed by atoms with Gasteiger partial charge in [-0.1, -0.05) is 66.7 Å². The second-order valence-electron chi connectivity index (χ2n) is 6.19. The van der Waals surface area contributed by atoms with Crippen LogP contribution in [0.1, 0.15) is 15.9 Å². The quantitative estimate of drug-likeness (QED) is 0.481. The second kappa shape index (κ2) is 7.30. The highest BCUT2D eigenvalue weighted by atomic mass is 16.5. The van der Waals surface area contributed by atoms with Gasteiger partial charge in [0.1, 0.15) is 0 Å². The Balaban J connectivity index is 1.76. The van der Waals surface area contributed by atoms with E-state index in [2.05, 4.69) is 5.10 Å². The summed E-state index contributed by atoms with van der Waals surface area (Å²) in [5.74, 6) is -0.0156. The number of hydrogen-bond donors (Lipinski definition) is 0. The minimum atomic E-state index is -0.398. The third kappa shape index (κ3) is 3.51. The Bertz CT molecular complexity index is 1070. The maximum absolute atomic E-state index is 12.7. The summed E-state index contributed by atoms with van der Waals surface area (Å²) in [6.45, 7) is 1.89. The molecular weight excluding hydrogens is 336 g/mol. The van der Waals surface area contributed by atoms with E-state index >= 15 is 0 Å². The number of para-hydroxylation sites is 1. The van der Waals surface area contributed by atoms with Gasteiger partial charge in [-0.15, -0.1) is 0 Å². The van der Waals surface area contributed by atoms with Crippen molar-refractivity contribution in [3.8, 4) is 22.8 Å². The molecule has 0 aliphatic heterocycles. The fourth-order valence-corrected chi connectivity index (χ4v) is 2.89. The van der Waals surface area contributed by atoms with Gasteiger partial charge >= 0.3 is 5.97 Å². The molecule has 3 aromatic carbocycles. The monoisotopic (exact) mass is 354 g/mol. The summed E-state index contributed by atoms with van der Waals surface area (Å²) in [6.07, 6.45) is 0. The Morgan fingerprint density at radius 3 is 2.19 bits per heavy atom. The van der Waals surface area contributed by atoms with Crippen molar-refractivity contribution in [3.63, 3.8) is 0 Å². The molecule has 0 bridgehead atoms. The third-order valence-electron chi connectivity index (χ3n) is 4.31. The predicted molar refractivity (Wildman–Crippen MR) is 105 cm³/mol. The van der Waals surface area contributed by atoms with Crippen molar-refractivity contribution < 1.29 is 9.53 Å². The van der Waals surface area contributed by atoms with Crippen LogP contribution in [0.25, 0.3) is 16.9 Å². The molecule has 1 heterocycles. The number of aryl methyl sites for hydroxylation is 1. The van der Waals surface area contributed by atoms with Gasteiger partial charge in [-0.05, 0) is 30.7 Å². The lowest BCUT2D eigenvalue weighted by Gasteiger charge is -2.09. The molecule has 4 rings (SSSR count). The topological polar surface area (TPSA) is 44.1 Å². The first-order valence-electron chi connectivity index (χ1n) is 8.71. The number of esters is 1. The van der Waals surface area contributed by atoms with Gasteiger partial charge < -0.3 is 4.74 Å². The van der Waals surface area contributed by atoms with Gasteiger partial charge in [0.2, 0.25) is 5.88 Å². The number of rotatable bonds is 4. The van der Waals surface area contributed by atoms with E-state index in [-0.39, 0.29) is 0 Å². The Morgan fingerprint density at radius 1 is 0.852 bits per heavy atom. The van der Waals surface area contributed by atoms with E-state index in [9.17, 15) is 4.79 Å². The number of benzene rings is 3. The lowest BCUT2D eigenvalue weighted by Crippen LogP contribution is -2.13. The zero-order valence-electron chi connectivity index (χ0n) is 14.9. The fourth-order valence-electron chi connectivity index (χ4n) is 2.89. The zero-order chi connectivity index (χ0) is 18.6. The van der Waals surface area contributed by atoms with Gasteiger partial charge in [-0.3, -0.25) is 0 Å². The zero-order valence-corrected chi connectivity index (χ0v) is 14.9. The largest absolute Gasteiger partial charge is 0.404 e. The number of carbonyl (C=O) groups is 1. The van der Waals surface area contributed by atoms with E-state index in [1.807, 2.05) is 85.8 Å². The van der Waals surface area contributed by atoms with Crippen molar-refractivity contribution in [2.24, 2.45) is 0 Å². The summed E-state index contributed by atoms with van der Waals surface area (Å²) in [5, 5.41) is 4.66. The first-order chi connectivity index (χ1) is 13.2. The van der Waals surface area contributed by atoms with Crippen LogP contribution in [0.5, 0.6) is 5.88 Å². The lowest BCUT2D eigenvalue weighted by atomic mass is 10.1. The summed E-state index contributed by atoms with van der Waals surface area (Å²) in [5.41, 5.74) is 3.94. The molecule has 0 saturated heterocycles. The molecule has 0 saturated carbocycles. The Kier molecular flexibility index (Phi) is 4.54. The summed E-state index contributed by atoms with van der Waals surface area (Å²) < 4.78 is 7.38. The van der Waals surface area contributed by atoms with E-state index in [1.165, 1.54) is 0 Å². The van der Waals surface area contributed by atoms with E-state index in [0.717, 1.165) is 22.5 Å². The van der Waals surface area contributed by atoms with E-state index in [4.69, 9.17) is 4.74 Å². The Hall–Kier alpha value is -3.66. The van der Waals surface area contributed by atoms with Crippen molar-refractivity contribution in [1.82, 2.24) is 9.78 Å². The molecule has 0 spiro atoms. The number of hydrogen-bond acceptors (Lipinski definition) is 3. The number of nitrogens with zero attached hydrogens (tertiary/aromatic N) is 2. The molecule has 0 aliphatic rings. The number of carbonyl (C=O) groups excluding carboxylic acids is 1. The van der Waals surface area contributed by atoms with Crippen molar-refractivity contribution in [3.05, 3.63) is 102 Å². The smallest absolute Gasteiger partial charge is 0.345 e. The molecule has 132 valence electrons. The van der Waals surface area contributed by atoms with Crippen molar-refractivity contribution in [2.45, 2.75) is 6.92 Å². The predicted octanol–water partition coefficient (Wildman–Crippen LogP) is 5.07. The van der Waals surface area contributed by atoms with Crippen LogP contribution in [0.4, 0.5) is 0 Å². The van der Waals surface area contributed by atoms with Crippen LogP contribution in [0.2, 0.25) is 0 Å². The molecule has 27 heavy (non-hydrogen) atoms. The molecule has 0 N–H and O–H groups in total. The highest BCUT2D eigenvalue weighted by Gasteiger charge is 2.17. The SMILES string of the molecule is Cc1ccccc1C(=O)Oc1cc(-c2ccccc2)nn1-c1ccccc1. The van der Waals surface area contributed by atoms with Crippen LogP contribution in [0.3, 0.4) is 0 Å². The molecule has 4 nitrogen and oxygen atoms in total. The van der Waals surface area contributed by atoms with Gasteiger partial charge in [0.05, 0.1) is 16.9 Å². The Labute approximate surface area is 157 Å². The van der Waals surface area contributed by atoms with Crippen LogP contribution in [-0.2, 0) is 0 Å².